The molecule has 0 unspecified atom stereocenters. The Morgan fingerprint density at radius 2 is 1.87 bits per heavy atom. The number of nitrogens with one attached hydrogen (secondary N) is 3. The van der Waals surface area contributed by atoms with E-state index in [1.54, 1.807) is 25.6 Å². The first kappa shape index (κ1) is 22.0. The molecule has 31 heavy (non-hydrogen) atoms. The van der Waals surface area contributed by atoms with Crippen molar-refractivity contribution in [1.29, 1.82) is 0 Å². The molecule has 2 heterocycles. The predicted molar refractivity (Wildman–Crippen MR) is 123 cm³/mol. The van der Waals surface area contributed by atoms with Crippen LogP contribution in [0.5, 0.6) is 0 Å². The second-order valence-electron chi connectivity index (χ2n) is 9.32. The number of hydrogen-bond acceptors (Lipinski definition) is 6. The second-order valence-corrected chi connectivity index (χ2v) is 9.32. The van der Waals surface area contributed by atoms with Gasteiger partial charge < -0.3 is 20.7 Å². The van der Waals surface area contributed by atoms with Gasteiger partial charge in [-0.15, -0.1) is 0 Å². The zero-order valence-corrected chi connectivity index (χ0v) is 18.6. The van der Waals surface area contributed by atoms with Gasteiger partial charge in [0.25, 0.3) is 0 Å². The fourth-order valence-corrected chi connectivity index (χ4v) is 4.14. The summed E-state index contributed by atoms with van der Waals surface area (Å²) < 4.78 is 19.7. The van der Waals surface area contributed by atoms with Crippen LogP contribution in [0.15, 0.2) is 30.7 Å². The highest BCUT2D eigenvalue weighted by atomic mass is 19.1. The van der Waals surface area contributed by atoms with Crippen molar-refractivity contribution in [3.8, 4) is 11.1 Å². The lowest BCUT2D eigenvalue weighted by molar-refractivity contribution is 0.191. The van der Waals surface area contributed by atoms with Gasteiger partial charge in [0, 0.05) is 55.8 Å². The molecule has 2 aliphatic rings. The Morgan fingerprint density at radius 3 is 2.61 bits per heavy atom. The zero-order valence-electron chi connectivity index (χ0n) is 18.6. The molecule has 0 aromatic carbocycles. The lowest BCUT2D eigenvalue weighted by Crippen LogP contribution is -2.38. The Morgan fingerprint density at radius 1 is 1.10 bits per heavy atom. The number of aromatic nitrogens is 2. The Bertz CT molecular complexity index is 865. The highest BCUT2D eigenvalue weighted by Crippen LogP contribution is 2.44. The van der Waals surface area contributed by atoms with Gasteiger partial charge >= 0.3 is 0 Å². The second kappa shape index (κ2) is 9.92. The third kappa shape index (κ3) is 6.14. The molecule has 0 radical (unpaired) electrons. The van der Waals surface area contributed by atoms with Crippen molar-refractivity contribution < 1.29 is 9.13 Å². The fraction of sp³-hybridized carbons (Fsp3) is 0.583. The number of halogens is 1. The fourth-order valence-electron chi connectivity index (χ4n) is 4.14. The van der Waals surface area contributed by atoms with Crippen LogP contribution in [0.2, 0.25) is 0 Å². The predicted octanol–water partition coefficient (Wildman–Crippen LogP) is 4.45. The molecule has 2 aromatic heterocycles. The van der Waals surface area contributed by atoms with Crippen LogP contribution in [0.1, 0.15) is 45.4 Å². The maximum Gasteiger partial charge on any atom is 0.149 e. The minimum atomic E-state index is -0.329. The van der Waals surface area contributed by atoms with E-state index in [9.17, 15) is 4.39 Å². The smallest absolute Gasteiger partial charge is 0.149 e. The average molecular weight is 428 g/mol. The summed E-state index contributed by atoms with van der Waals surface area (Å²) >= 11 is 0. The Balaban J connectivity index is 1.36. The molecule has 0 aliphatic heterocycles. The topological polar surface area (TPSA) is 71.1 Å². The number of hydrogen-bond donors (Lipinski definition) is 3. The maximum absolute atomic E-state index is 14.6. The van der Waals surface area contributed by atoms with E-state index in [0.29, 0.717) is 23.1 Å². The summed E-state index contributed by atoms with van der Waals surface area (Å²) in [7, 11) is 1.73. The maximum atomic E-state index is 14.6. The lowest BCUT2D eigenvalue weighted by Gasteiger charge is -2.30. The summed E-state index contributed by atoms with van der Waals surface area (Å²) in [5.41, 5.74) is 2.62. The van der Waals surface area contributed by atoms with Gasteiger partial charge in [-0.25, -0.2) is 9.37 Å². The summed E-state index contributed by atoms with van der Waals surface area (Å²) in [6.45, 7) is 4.84. The van der Waals surface area contributed by atoms with E-state index in [1.807, 2.05) is 6.07 Å². The highest BCUT2D eigenvalue weighted by molar-refractivity contribution is 5.69. The van der Waals surface area contributed by atoms with Gasteiger partial charge in [0.15, 0.2) is 0 Å². The van der Waals surface area contributed by atoms with Gasteiger partial charge in [-0.05, 0) is 56.1 Å². The molecule has 4 rings (SSSR count). The Kier molecular flexibility index (Phi) is 7.02. The molecule has 2 fully saturated rings. The standard InChI is InChI=1S/C24H34FN5O/c1-24(7-8-24)16-29-20-11-17(13-26-14-20)21-12-23(28-15-22(21)25)30-19-5-3-18(4-6-19)27-9-10-31-2/h11-15,18-19,27,29H,3-10,16H2,1-2H3,(H,28,30)/t18-,19-. The number of methoxy groups -OCH3 is 1. The first-order valence-corrected chi connectivity index (χ1v) is 11.4. The van der Waals surface area contributed by atoms with Crippen molar-refractivity contribution >= 4 is 11.5 Å². The van der Waals surface area contributed by atoms with Gasteiger partial charge in [0.2, 0.25) is 0 Å². The molecule has 2 saturated carbocycles. The van der Waals surface area contributed by atoms with E-state index in [2.05, 4.69) is 32.8 Å². The van der Waals surface area contributed by atoms with Crippen molar-refractivity contribution in [2.45, 2.75) is 57.5 Å². The van der Waals surface area contributed by atoms with Crippen LogP contribution >= 0.6 is 0 Å². The van der Waals surface area contributed by atoms with Crippen LogP contribution in [0.4, 0.5) is 15.9 Å². The summed E-state index contributed by atoms with van der Waals surface area (Å²) in [5, 5.41) is 10.5. The third-order valence-corrected chi connectivity index (χ3v) is 6.55. The molecular formula is C24H34FN5O. The molecule has 3 N–H and O–H groups in total. The molecule has 0 saturated heterocycles. The number of anilines is 2. The van der Waals surface area contributed by atoms with E-state index >= 15 is 0 Å². The van der Waals surface area contributed by atoms with Crippen LogP contribution < -0.4 is 16.0 Å². The van der Waals surface area contributed by atoms with E-state index in [1.165, 1.54) is 19.0 Å². The van der Waals surface area contributed by atoms with Crippen LogP contribution in [0.3, 0.4) is 0 Å². The molecule has 7 heteroatoms. The first-order chi connectivity index (χ1) is 15.0. The molecule has 0 atom stereocenters. The van der Waals surface area contributed by atoms with Gasteiger partial charge in [-0.3, -0.25) is 4.98 Å². The molecule has 168 valence electrons. The summed E-state index contributed by atoms with van der Waals surface area (Å²) in [5.74, 6) is 0.390. The number of nitrogens with zero attached hydrogens (tertiary/aromatic N) is 2. The van der Waals surface area contributed by atoms with E-state index < -0.39 is 0 Å². The normalized spacial score (nSPS) is 22.2. The molecule has 0 spiro atoms. The molecule has 0 amide bonds. The van der Waals surface area contributed by atoms with Gasteiger partial charge in [-0.1, -0.05) is 6.92 Å². The van der Waals surface area contributed by atoms with Gasteiger partial charge in [-0.2, -0.15) is 0 Å². The van der Waals surface area contributed by atoms with Crippen molar-refractivity contribution in [2.75, 3.05) is 37.4 Å². The van der Waals surface area contributed by atoms with Gasteiger partial charge in [0.1, 0.15) is 11.6 Å². The molecule has 2 aromatic rings. The van der Waals surface area contributed by atoms with Crippen LogP contribution in [0.25, 0.3) is 11.1 Å². The quantitative estimate of drug-likeness (QED) is 0.487. The number of rotatable bonds is 10. The number of ether oxygens (including phenoxy) is 1. The minimum Gasteiger partial charge on any atom is -0.383 e. The van der Waals surface area contributed by atoms with E-state index in [0.717, 1.165) is 62.4 Å². The van der Waals surface area contributed by atoms with Crippen molar-refractivity contribution in [3.05, 3.63) is 36.5 Å². The molecule has 0 bridgehead atoms. The molecule has 6 nitrogen and oxygen atoms in total. The first-order valence-electron chi connectivity index (χ1n) is 11.4. The SMILES string of the molecule is COCCN[C@H]1CC[C@H](Nc2cc(-c3cncc(NCC4(C)CC4)c3)c(F)cn2)CC1. The third-order valence-electron chi connectivity index (χ3n) is 6.55. The van der Waals surface area contributed by atoms with E-state index in [4.69, 9.17) is 4.74 Å². The Labute approximate surface area is 184 Å². The summed E-state index contributed by atoms with van der Waals surface area (Å²) in [4.78, 5) is 8.60. The Hall–Kier alpha value is -2.25. The van der Waals surface area contributed by atoms with Crippen molar-refractivity contribution in [1.82, 2.24) is 15.3 Å². The minimum absolute atomic E-state index is 0.329. The van der Waals surface area contributed by atoms with Crippen LogP contribution in [-0.2, 0) is 4.74 Å². The molecule has 2 aliphatic carbocycles. The van der Waals surface area contributed by atoms with Gasteiger partial charge in [0.05, 0.1) is 18.5 Å². The monoisotopic (exact) mass is 427 g/mol. The average Bonchev–Trinajstić information content (AvgIpc) is 3.53. The van der Waals surface area contributed by atoms with Crippen LogP contribution in [0, 0.1) is 11.2 Å². The number of pyridine rings is 2. The highest BCUT2D eigenvalue weighted by Gasteiger charge is 2.36. The summed E-state index contributed by atoms with van der Waals surface area (Å²) in [6, 6.07) is 4.68. The summed E-state index contributed by atoms with van der Waals surface area (Å²) in [6.07, 6.45) is 11.7. The largest absolute Gasteiger partial charge is 0.383 e. The van der Waals surface area contributed by atoms with Crippen molar-refractivity contribution in [2.24, 2.45) is 5.41 Å². The van der Waals surface area contributed by atoms with Crippen molar-refractivity contribution in [3.63, 3.8) is 0 Å². The lowest BCUT2D eigenvalue weighted by atomic mass is 9.91. The zero-order chi connectivity index (χ0) is 21.7. The van der Waals surface area contributed by atoms with Crippen LogP contribution in [-0.4, -0.2) is 48.9 Å². The van der Waals surface area contributed by atoms with E-state index in [-0.39, 0.29) is 5.82 Å². The molecular weight excluding hydrogens is 393 g/mol.